The van der Waals surface area contributed by atoms with E-state index < -0.39 is 9.17 Å². The summed E-state index contributed by atoms with van der Waals surface area (Å²) in [6, 6.07) is 0. The normalized spacial score (nSPS) is 12.8. The third kappa shape index (κ3) is 5.31. The van der Waals surface area contributed by atoms with Crippen molar-refractivity contribution >= 4 is 9.17 Å². The lowest BCUT2D eigenvalue weighted by atomic mass is 9.79. The fourth-order valence-corrected chi connectivity index (χ4v) is 6.14. The van der Waals surface area contributed by atoms with Crippen LogP contribution in [0.1, 0.15) is 107 Å². The Morgan fingerprint density at radius 3 is 1.04 bits per heavy atom. The van der Waals surface area contributed by atoms with Crippen LogP contribution in [-0.4, -0.2) is 20.4 Å². The first-order valence-corrected chi connectivity index (χ1v) is 11.5. The minimum absolute atomic E-state index is 0.319. The summed E-state index contributed by atoms with van der Waals surface area (Å²) in [5.41, 5.74) is -0.638. The van der Waals surface area contributed by atoms with Crippen LogP contribution in [0.2, 0.25) is 0 Å². The van der Waals surface area contributed by atoms with E-state index in [2.05, 4.69) is 55.4 Å². The van der Waals surface area contributed by atoms with Crippen LogP contribution in [0, 0.1) is 11.8 Å². The molecule has 4 heteroatoms. The van der Waals surface area contributed by atoms with Crippen LogP contribution < -0.4 is 0 Å². The Labute approximate surface area is 152 Å². The maximum Gasteiger partial charge on any atom is 0.768 e. The molecule has 0 unspecified atom stereocenters. The van der Waals surface area contributed by atoms with E-state index in [4.69, 9.17) is 8.85 Å². The summed E-state index contributed by atoms with van der Waals surface area (Å²) >= 11 is 0. The molecule has 0 saturated carbocycles. The van der Waals surface area contributed by atoms with E-state index in [-0.39, 0.29) is 11.2 Å². The molecule has 144 valence electrons. The van der Waals surface area contributed by atoms with Gasteiger partial charge in [0.1, 0.15) is 0 Å². The highest BCUT2D eigenvalue weighted by Gasteiger charge is 2.43. The number of rotatable bonds is 14. The van der Waals surface area contributed by atoms with E-state index in [1.54, 1.807) is 0 Å². The Morgan fingerprint density at radius 1 is 0.625 bits per heavy atom. The molecule has 0 amide bonds. The molecule has 0 aromatic carbocycles. The van der Waals surface area contributed by atoms with E-state index in [1.165, 1.54) is 0 Å². The minimum atomic E-state index is -2.53. The van der Waals surface area contributed by atoms with Crippen LogP contribution in [-0.2, 0) is 13.3 Å². The molecule has 0 bridgehead atoms. The van der Waals surface area contributed by atoms with E-state index in [0.717, 1.165) is 51.4 Å². The Morgan fingerprint density at radius 2 is 0.875 bits per heavy atom. The van der Waals surface area contributed by atoms with Crippen molar-refractivity contribution in [3.8, 4) is 0 Å². The quantitative estimate of drug-likeness (QED) is 0.336. The Kier molecular flexibility index (Phi) is 11.1. The monoisotopic (exact) mass is 358 g/mol. The van der Waals surface area contributed by atoms with Crippen LogP contribution in [0.4, 0.5) is 0 Å². The zero-order valence-electron chi connectivity index (χ0n) is 17.5. The van der Waals surface area contributed by atoms with Gasteiger partial charge >= 0.3 is 9.17 Å². The van der Waals surface area contributed by atoms with Gasteiger partial charge in [-0.2, -0.15) is 0 Å². The second-order valence-electron chi connectivity index (χ2n) is 7.02. The van der Waals surface area contributed by atoms with Crippen molar-refractivity contribution in [3.63, 3.8) is 0 Å². The van der Waals surface area contributed by atoms with Gasteiger partial charge in [0.15, 0.2) is 0 Å². The van der Waals surface area contributed by atoms with E-state index in [9.17, 15) is 4.46 Å². The lowest BCUT2D eigenvalue weighted by molar-refractivity contribution is -0.0802. The van der Waals surface area contributed by atoms with Gasteiger partial charge in [0.05, 0.1) is 11.2 Å². The van der Waals surface area contributed by atoms with Crippen molar-refractivity contribution < 1.29 is 13.3 Å². The molecule has 3 nitrogen and oxygen atoms in total. The van der Waals surface area contributed by atoms with Gasteiger partial charge < -0.3 is 8.85 Å². The lowest BCUT2D eigenvalue weighted by Crippen LogP contribution is -2.47. The van der Waals surface area contributed by atoms with Gasteiger partial charge in [0.25, 0.3) is 0 Å². The van der Waals surface area contributed by atoms with Crippen molar-refractivity contribution in [2.75, 3.05) is 0 Å². The number of hydrogen-bond donors (Lipinski definition) is 0. The fraction of sp³-hybridized carbons (Fsp3) is 1.00. The van der Waals surface area contributed by atoms with E-state index >= 15 is 0 Å². The highest BCUT2D eigenvalue weighted by molar-refractivity contribution is 6.26. The summed E-state index contributed by atoms with van der Waals surface area (Å²) in [6.45, 7) is 17.4. The standard InChI is InChI=1S/C20H42O3Si/c1-9-17(10-2)19(13-5,14-6)22-24(21)23-20(15-7,16-8)18(11-3)12-4/h17-18H,9-16H2,1-8H3. The molecule has 0 aliphatic rings. The van der Waals surface area contributed by atoms with Gasteiger partial charge in [-0.05, 0) is 63.2 Å². The molecule has 0 fully saturated rings. The predicted molar refractivity (Wildman–Crippen MR) is 103 cm³/mol. The van der Waals surface area contributed by atoms with Gasteiger partial charge in [-0.25, -0.2) is 0 Å². The second kappa shape index (κ2) is 11.3. The predicted octanol–water partition coefficient (Wildman–Crippen LogP) is 6.43. The molecule has 0 radical (unpaired) electrons. The topological polar surface area (TPSA) is 35.5 Å². The third-order valence-electron chi connectivity index (χ3n) is 6.43. The maximum atomic E-state index is 12.9. The second-order valence-corrected chi connectivity index (χ2v) is 7.93. The van der Waals surface area contributed by atoms with Crippen LogP contribution in [0.5, 0.6) is 0 Å². The molecular weight excluding hydrogens is 316 g/mol. The summed E-state index contributed by atoms with van der Waals surface area (Å²) in [5.74, 6) is 0.853. The highest BCUT2D eigenvalue weighted by atomic mass is 28.3. The summed E-state index contributed by atoms with van der Waals surface area (Å²) < 4.78 is 25.3. The first-order valence-electron chi connectivity index (χ1n) is 10.3. The summed E-state index contributed by atoms with van der Waals surface area (Å²) in [7, 11) is -2.53. The van der Waals surface area contributed by atoms with E-state index in [1.807, 2.05) is 0 Å². The van der Waals surface area contributed by atoms with Crippen molar-refractivity contribution in [2.45, 2.75) is 118 Å². The first kappa shape index (κ1) is 23.6. The summed E-state index contributed by atoms with van der Waals surface area (Å²) in [4.78, 5) is 0. The Balaban J connectivity index is 5.37. The van der Waals surface area contributed by atoms with Gasteiger partial charge in [0, 0.05) is 0 Å². The Bertz CT molecular complexity index is 309. The van der Waals surface area contributed by atoms with Crippen molar-refractivity contribution in [2.24, 2.45) is 11.8 Å². The molecular formula is C20H42O3Si. The minimum Gasteiger partial charge on any atom is -0.491 e. The van der Waals surface area contributed by atoms with E-state index in [0.29, 0.717) is 11.8 Å². The molecule has 0 heterocycles. The van der Waals surface area contributed by atoms with Gasteiger partial charge in [-0.15, -0.1) is 0 Å². The largest absolute Gasteiger partial charge is 0.768 e. The molecule has 0 rings (SSSR count). The Hall–Kier alpha value is -0.383. The van der Waals surface area contributed by atoms with Crippen LogP contribution in [0.15, 0.2) is 0 Å². The van der Waals surface area contributed by atoms with Gasteiger partial charge in [-0.3, -0.25) is 4.46 Å². The van der Waals surface area contributed by atoms with Crippen molar-refractivity contribution in [1.29, 1.82) is 0 Å². The lowest BCUT2D eigenvalue weighted by Gasteiger charge is -2.42. The molecule has 0 aromatic heterocycles. The first-order chi connectivity index (χ1) is 11.4. The third-order valence-corrected chi connectivity index (χ3v) is 7.57. The fourth-order valence-electron chi connectivity index (χ4n) is 4.53. The summed E-state index contributed by atoms with van der Waals surface area (Å²) in [5, 5.41) is 0. The van der Waals surface area contributed by atoms with Gasteiger partial charge in [0.2, 0.25) is 0 Å². The molecule has 0 aromatic rings. The maximum absolute atomic E-state index is 12.9. The molecule has 0 aliphatic heterocycles. The van der Waals surface area contributed by atoms with Crippen molar-refractivity contribution in [1.82, 2.24) is 0 Å². The molecule has 0 atom stereocenters. The molecule has 0 saturated heterocycles. The van der Waals surface area contributed by atoms with Crippen molar-refractivity contribution in [3.05, 3.63) is 0 Å². The molecule has 0 aliphatic carbocycles. The van der Waals surface area contributed by atoms with Crippen LogP contribution >= 0.6 is 0 Å². The van der Waals surface area contributed by atoms with Crippen LogP contribution in [0.25, 0.3) is 0 Å². The van der Waals surface area contributed by atoms with Crippen LogP contribution in [0.3, 0.4) is 0 Å². The molecule has 24 heavy (non-hydrogen) atoms. The summed E-state index contributed by atoms with van der Waals surface area (Å²) in [6.07, 6.45) is 7.72. The zero-order chi connectivity index (χ0) is 18.8. The van der Waals surface area contributed by atoms with Gasteiger partial charge in [-0.1, -0.05) is 55.4 Å². The smallest absolute Gasteiger partial charge is 0.491 e. The SMILES string of the molecule is CCC(CC)C(CC)(CC)O[Si](=O)OC(CC)(CC)C(CC)CC. The molecule has 0 N–H and O–H groups in total. The average molecular weight is 359 g/mol. The average Bonchev–Trinajstić information content (AvgIpc) is 2.61. The number of hydrogen-bond acceptors (Lipinski definition) is 3. The zero-order valence-corrected chi connectivity index (χ0v) is 18.5. The molecule has 0 spiro atoms. The highest BCUT2D eigenvalue weighted by Crippen LogP contribution is 2.37.